The van der Waals surface area contributed by atoms with Crippen molar-refractivity contribution in [2.24, 2.45) is 0 Å². The summed E-state index contributed by atoms with van der Waals surface area (Å²) >= 11 is 5.87. The van der Waals surface area contributed by atoms with Gasteiger partial charge in [0.25, 0.3) is 11.8 Å². The number of rotatable bonds is 8. The molecule has 4 rings (SSSR count). The van der Waals surface area contributed by atoms with Crippen molar-refractivity contribution in [3.05, 3.63) is 83.1 Å². The van der Waals surface area contributed by atoms with E-state index in [4.69, 9.17) is 16.3 Å². The fourth-order valence-corrected chi connectivity index (χ4v) is 3.81. The Balaban J connectivity index is 1.44. The van der Waals surface area contributed by atoms with E-state index in [2.05, 4.69) is 20.5 Å². The van der Waals surface area contributed by atoms with Crippen LogP contribution in [0.1, 0.15) is 28.8 Å². The SMILES string of the molecule is O=C(COc1ccc(Cl)cc1)Nc1ccc(N2CCCC2)c(C(=O)NCc2cccnc2)c1. The fourth-order valence-electron chi connectivity index (χ4n) is 3.69. The molecule has 1 aliphatic heterocycles. The van der Waals surface area contributed by atoms with Crippen LogP contribution in [0.5, 0.6) is 5.75 Å². The number of halogens is 1. The van der Waals surface area contributed by atoms with Crippen LogP contribution in [0.4, 0.5) is 11.4 Å². The molecule has 2 aromatic carbocycles. The van der Waals surface area contributed by atoms with Crippen LogP contribution in [-0.2, 0) is 11.3 Å². The number of ether oxygens (including phenoxy) is 1. The normalized spacial score (nSPS) is 12.9. The molecule has 0 aliphatic carbocycles. The third kappa shape index (κ3) is 6.23. The second-order valence-corrected chi connectivity index (χ2v) is 8.20. The Hall–Kier alpha value is -3.58. The molecule has 3 aromatic rings. The Bertz CT molecular complexity index is 1100. The van der Waals surface area contributed by atoms with Crippen molar-refractivity contribution in [1.29, 1.82) is 0 Å². The van der Waals surface area contributed by atoms with Gasteiger partial charge in [0.1, 0.15) is 5.75 Å². The first kappa shape index (κ1) is 22.6. The van der Waals surface area contributed by atoms with Crippen molar-refractivity contribution in [2.75, 3.05) is 29.9 Å². The molecule has 0 atom stereocenters. The molecule has 0 radical (unpaired) electrons. The van der Waals surface area contributed by atoms with E-state index in [1.54, 1.807) is 42.7 Å². The Labute approximate surface area is 197 Å². The van der Waals surface area contributed by atoms with Crippen molar-refractivity contribution in [2.45, 2.75) is 19.4 Å². The van der Waals surface area contributed by atoms with Gasteiger partial charge in [-0.15, -0.1) is 0 Å². The first-order valence-corrected chi connectivity index (χ1v) is 11.2. The largest absolute Gasteiger partial charge is 0.484 e. The Morgan fingerprint density at radius 3 is 2.58 bits per heavy atom. The first-order chi connectivity index (χ1) is 16.1. The molecule has 1 saturated heterocycles. The average molecular weight is 465 g/mol. The van der Waals surface area contributed by atoms with E-state index in [0.29, 0.717) is 28.6 Å². The van der Waals surface area contributed by atoms with Crippen LogP contribution in [0, 0.1) is 0 Å². The third-order valence-electron chi connectivity index (χ3n) is 5.33. The number of aromatic nitrogens is 1. The number of nitrogens with one attached hydrogen (secondary N) is 2. The van der Waals surface area contributed by atoms with Gasteiger partial charge in [0.2, 0.25) is 0 Å². The molecule has 2 N–H and O–H groups in total. The van der Waals surface area contributed by atoms with Crippen molar-refractivity contribution in [3.63, 3.8) is 0 Å². The zero-order valence-electron chi connectivity index (χ0n) is 18.1. The number of hydrogen-bond donors (Lipinski definition) is 2. The van der Waals surface area contributed by atoms with Gasteiger partial charge in [0.15, 0.2) is 6.61 Å². The van der Waals surface area contributed by atoms with Gasteiger partial charge in [-0.3, -0.25) is 14.6 Å². The molecule has 8 heteroatoms. The number of benzene rings is 2. The molecule has 1 aliphatic rings. The number of hydrogen-bond acceptors (Lipinski definition) is 5. The lowest BCUT2D eigenvalue weighted by atomic mass is 10.1. The molecule has 0 unspecified atom stereocenters. The van der Waals surface area contributed by atoms with Crippen molar-refractivity contribution >= 4 is 34.8 Å². The van der Waals surface area contributed by atoms with Gasteiger partial charge in [0, 0.05) is 48.4 Å². The predicted molar refractivity (Wildman–Crippen MR) is 129 cm³/mol. The summed E-state index contributed by atoms with van der Waals surface area (Å²) in [6.45, 7) is 2.03. The molecule has 33 heavy (non-hydrogen) atoms. The lowest BCUT2D eigenvalue weighted by Gasteiger charge is -2.22. The topological polar surface area (TPSA) is 83.6 Å². The Morgan fingerprint density at radius 2 is 1.85 bits per heavy atom. The van der Waals surface area contributed by atoms with E-state index < -0.39 is 0 Å². The zero-order valence-corrected chi connectivity index (χ0v) is 18.8. The van der Waals surface area contributed by atoms with Crippen LogP contribution in [0.15, 0.2) is 67.0 Å². The zero-order chi connectivity index (χ0) is 23.0. The molecular formula is C25H25ClN4O3. The van der Waals surface area contributed by atoms with Crippen molar-refractivity contribution in [1.82, 2.24) is 10.3 Å². The highest BCUT2D eigenvalue weighted by molar-refractivity contribution is 6.30. The summed E-state index contributed by atoms with van der Waals surface area (Å²) in [6.07, 6.45) is 5.60. The monoisotopic (exact) mass is 464 g/mol. The maximum atomic E-state index is 13.1. The molecule has 0 spiro atoms. The minimum atomic E-state index is -0.319. The number of anilines is 2. The summed E-state index contributed by atoms with van der Waals surface area (Å²) in [5.74, 6) is 0.0317. The van der Waals surface area contributed by atoms with Gasteiger partial charge in [-0.1, -0.05) is 17.7 Å². The molecule has 1 aromatic heterocycles. The smallest absolute Gasteiger partial charge is 0.262 e. The maximum absolute atomic E-state index is 13.1. The predicted octanol–water partition coefficient (Wildman–Crippen LogP) is 4.28. The maximum Gasteiger partial charge on any atom is 0.262 e. The van der Waals surface area contributed by atoms with Crippen LogP contribution >= 0.6 is 11.6 Å². The number of pyridine rings is 1. The van der Waals surface area contributed by atoms with Gasteiger partial charge in [0.05, 0.1) is 5.56 Å². The summed E-state index contributed by atoms with van der Waals surface area (Å²) < 4.78 is 5.50. The van der Waals surface area contributed by atoms with Crippen LogP contribution < -0.4 is 20.3 Å². The van der Waals surface area contributed by atoms with Crippen LogP contribution in [0.3, 0.4) is 0 Å². The van der Waals surface area contributed by atoms with Gasteiger partial charge >= 0.3 is 0 Å². The molecular weight excluding hydrogens is 440 g/mol. The molecule has 0 bridgehead atoms. The van der Waals surface area contributed by atoms with Crippen LogP contribution in [0.2, 0.25) is 5.02 Å². The van der Waals surface area contributed by atoms with E-state index in [0.717, 1.165) is 37.2 Å². The summed E-state index contributed by atoms with van der Waals surface area (Å²) in [4.78, 5) is 31.8. The lowest BCUT2D eigenvalue weighted by Crippen LogP contribution is -2.28. The highest BCUT2D eigenvalue weighted by atomic mass is 35.5. The lowest BCUT2D eigenvalue weighted by molar-refractivity contribution is -0.118. The average Bonchev–Trinajstić information content (AvgIpc) is 3.38. The van der Waals surface area contributed by atoms with Crippen LogP contribution in [0.25, 0.3) is 0 Å². The van der Waals surface area contributed by atoms with Gasteiger partial charge in [-0.2, -0.15) is 0 Å². The Morgan fingerprint density at radius 1 is 1.06 bits per heavy atom. The molecule has 170 valence electrons. The van der Waals surface area contributed by atoms with E-state index >= 15 is 0 Å². The molecule has 2 heterocycles. The van der Waals surface area contributed by atoms with Crippen LogP contribution in [-0.4, -0.2) is 36.5 Å². The molecule has 7 nitrogen and oxygen atoms in total. The summed E-state index contributed by atoms with van der Waals surface area (Å²) in [7, 11) is 0. The van der Waals surface area contributed by atoms with Gasteiger partial charge in [-0.05, 0) is 66.9 Å². The number of nitrogens with zero attached hydrogens (tertiary/aromatic N) is 2. The van der Waals surface area contributed by atoms with Gasteiger partial charge in [-0.25, -0.2) is 0 Å². The first-order valence-electron chi connectivity index (χ1n) is 10.8. The molecule has 2 amide bonds. The number of carbonyl (C=O) groups excluding carboxylic acids is 2. The highest BCUT2D eigenvalue weighted by Gasteiger charge is 2.20. The summed E-state index contributed by atoms with van der Waals surface area (Å²) in [5.41, 5.74) is 2.84. The second-order valence-electron chi connectivity index (χ2n) is 7.76. The highest BCUT2D eigenvalue weighted by Crippen LogP contribution is 2.28. The standard InChI is InChI=1S/C25H25ClN4O3/c26-19-5-8-21(9-6-19)33-17-24(31)29-20-7-10-23(30-12-1-2-13-30)22(14-20)25(32)28-16-18-4-3-11-27-15-18/h3-11,14-15H,1-2,12-13,16-17H2,(H,28,32)(H,29,31). The summed E-state index contributed by atoms with van der Waals surface area (Å²) in [6, 6.07) is 15.9. The fraction of sp³-hybridized carbons (Fsp3) is 0.240. The van der Waals surface area contributed by atoms with E-state index in [9.17, 15) is 9.59 Å². The Kier molecular flexibility index (Phi) is 7.42. The van der Waals surface area contributed by atoms with Crippen molar-refractivity contribution < 1.29 is 14.3 Å². The summed E-state index contributed by atoms with van der Waals surface area (Å²) in [5, 5.41) is 6.37. The van der Waals surface area contributed by atoms with Crippen molar-refractivity contribution in [3.8, 4) is 5.75 Å². The van der Waals surface area contributed by atoms with E-state index in [-0.39, 0.29) is 18.4 Å². The quantitative estimate of drug-likeness (QED) is 0.519. The van der Waals surface area contributed by atoms with E-state index in [1.165, 1.54) is 0 Å². The minimum Gasteiger partial charge on any atom is -0.484 e. The van der Waals surface area contributed by atoms with Gasteiger partial charge < -0.3 is 20.3 Å². The number of amides is 2. The van der Waals surface area contributed by atoms with E-state index in [1.807, 2.05) is 24.3 Å². The molecule has 0 saturated carbocycles. The minimum absolute atomic E-state index is 0.155. The third-order valence-corrected chi connectivity index (χ3v) is 5.58. The second kappa shape index (κ2) is 10.8. The number of carbonyl (C=O) groups is 2. The molecule has 1 fully saturated rings.